The Bertz CT molecular complexity index is 506. The fraction of sp³-hybridized carbons (Fsp3) is 0. The van der Waals surface area contributed by atoms with Crippen LogP contribution in [0.3, 0.4) is 0 Å². The van der Waals surface area contributed by atoms with Gasteiger partial charge in [0, 0.05) is 5.56 Å². The van der Waals surface area contributed by atoms with Crippen LogP contribution < -0.4 is 0 Å². The lowest BCUT2D eigenvalue weighted by Gasteiger charge is -2.00. The van der Waals surface area contributed by atoms with Gasteiger partial charge in [-0.1, -0.05) is 12.1 Å². The fourth-order valence-corrected chi connectivity index (χ4v) is 1.19. The van der Waals surface area contributed by atoms with E-state index in [9.17, 15) is 4.79 Å². The molecule has 0 saturated carbocycles. The minimum absolute atomic E-state index is 0.486. The van der Waals surface area contributed by atoms with Gasteiger partial charge in [-0.3, -0.25) is 0 Å². The molecule has 0 unspecified atom stereocenters. The Kier molecular flexibility index (Phi) is 2.58. The maximum atomic E-state index is 10.2. The summed E-state index contributed by atoms with van der Waals surface area (Å²) in [4.78, 5) is 25.5. The average Bonchev–Trinajstić information content (AvgIpc) is 2.31. The second-order valence-corrected chi connectivity index (χ2v) is 2.68. The highest BCUT2D eigenvalue weighted by Crippen LogP contribution is 2.25. The Morgan fingerprint density at radius 3 is 2.60 bits per heavy atom. The van der Waals surface area contributed by atoms with Gasteiger partial charge in [0.1, 0.15) is 12.7 Å². The van der Waals surface area contributed by atoms with Gasteiger partial charge in [-0.15, -0.1) is 0 Å². The van der Waals surface area contributed by atoms with Crippen molar-refractivity contribution < 1.29 is 4.79 Å². The maximum absolute atomic E-state index is 10.2. The number of rotatable bonds is 2. The number of aliphatic imine (C=N–C) groups is 1. The Morgan fingerprint density at radius 2 is 1.87 bits per heavy atom. The van der Waals surface area contributed by atoms with E-state index in [1.807, 2.05) is 6.07 Å². The molecule has 0 aliphatic rings. The first-order valence-corrected chi connectivity index (χ1v) is 4.21. The molecule has 0 spiro atoms. The molecule has 2 aromatic rings. The molecule has 0 aliphatic carbocycles. The molecule has 5 heteroatoms. The molecule has 1 heterocycles. The first-order valence-electron chi connectivity index (χ1n) is 4.21. The molecule has 72 valence electrons. The van der Waals surface area contributed by atoms with E-state index in [-0.39, 0.29) is 0 Å². The molecule has 0 N–H and O–H groups in total. The van der Waals surface area contributed by atoms with E-state index in [4.69, 9.17) is 0 Å². The fourth-order valence-electron chi connectivity index (χ4n) is 1.19. The van der Waals surface area contributed by atoms with Crippen LogP contribution in [0.15, 0.2) is 41.9 Å². The highest BCUT2D eigenvalue weighted by atomic mass is 16.1. The first-order chi connectivity index (χ1) is 7.42. The van der Waals surface area contributed by atoms with Crippen LogP contribution in [0.1, 0.15) is 0 Å². The number of carbonyl (C=O) groups excluding carboxylic acids is 1. The number of hydrogen-bond donors (Lipinski definition) is 0. The van der Waals surface area contributed by atoms with Crippen molar-refractivity contribution in [3.8, 4) is 11.4 Å². The summed E-state index contributed by atoms with van der Waals surface area (Å²) in [7, 11) is 0. The minimum atomic E-state index is 0.486. The largest absolute Gasteiger partial charge is 0.240 e. The minimum Gasteiger partial charge on any atom is -0.225 e. The van der Waals surface area contributed by atoms with E-state index >= 15 is 0 Å². The lowest BCUT2D eigenvalue weighted by molar-refractivity contribution is 0.565. The highest BCUT2D eigenvalue weighted by molar-refractivity contribution is 5.72. The third-order valence-electron chi connectivity index (χ3n) is 1.80. The summed E-state index contributed by atoms with van der Waals surface area (Å²) in [5.74, 6) is 0.486. The van der Waals surface area contributed by atoms with E-state index < -0.39 is 0 Å². The quantitative estimate of drug-likeness (QED) is 0.541. The van der Waals surface area contributed by atoms with Gasteiger partial charge < -0.3 is 0 Å². The summed E-state index contributed by atoms with van der Waals surface area (Å²) in [6, 6.07) is 7.08. The number of para-hydroxylation sites is 1. The number of nitrogens with zero attached hydrogens (tertiary/aromatic N) is 4. The Morgan fingerprint density at radius 1 is 1.13 bits per heavy atom. The van der Waals surface area contributed by atoms with Crippen molar-refractivity contribution in [3.05, 3.63) is 36.9 Å². The van der Waals surface area contributed by atoms with Crippen molar-refractivity contribution in [2.75, 3.05) is 0 Å². The SMILES string of the molecule is O=C=Nc1ccccc1-c1ncncn1. The van der Waals surface area contributed by atoms with E-state index in [2.05, 4.69) is 19.9 Å². The summed E-state index contributed by atoms with van der Waals surface area (Å²) >= 11 is 0. The third-order valence-corrected chi connectivity index (χ3v) is 1.80. The topological polar surface area (TPSA) is 68.1 Å². The molecule has 1 aromatic carbocycles. The second kappa shape index (κ2) is 4.21. The summed E-state index contributed by atoms with van der Waals surface area (Å²) in [5, 5.41) is 0. The summed E-state index contributed by atoms with van der Waals surface area (Å²) in [6.45, 7) is 0. The normalized spacial score (nSPS) is 9.33. The van der Waals surface area contributed by atoms with Crippen molar-refractivity contribution in [1.82, 2.24) is 15.0 Å². The summed E-state index contributed by atoms with van der Waals surface area (Å²) in [6.07, 6.45) is 4.28. The van der Waals surface area contributed by atoms with Crippen LogP contribution in [0.5, 0.6) is 0 Å². The van der Waals surface area contributed by atoms with Gasteiger partial charge in [-0.2, -0.15) is 4.99 Å². The summed E-state index contributed by atoms with van der Waals surface area (Å²) in [5.41, 5.74) is 1.18. The zero-order valence-corrected chi connectivity index (χ0v) is 7.66. The summed E-state index contributed by atoms with van der Waals surface area (Å²) < 4.78 is 0. The predicted octanol–water partition coefficient (Wildman–Crippen LogP) is 1.51. The van der Waals surface area contributed by atoms with Gasteiger partial charge in [0.15, 0.2) is 5.82 Å². The lowest BCUT2D eigenvalue weighted by atomic mass is 10.1. The van der Waals surface area contributed by atoms with Crippen molar-refractivity contribution in [1.29, 1.82) is 0 Å². The molecule has 0 fully saturated rings. The van der Waals surface area contributed by atoms with Crippen LogP contribution in [0, 0.1) is 0 Å². The Hall–Kier alpha value is -2.39. The number of aromatic nitrogens is 3. The van der Waals surface area contributed by atoms with Crippen molar-refractivity contribution in [2.45, 2.75) is 0 Å². The molecule has 0 saturated heterocycles. The molecule has 0 atom stereocenters. The molecule has 5 nitrogen and oxygen atoms in total. The molecule has 2 rings (SSSR count). The first kappa shape index (κ1) is 9.18. The van der Waals surface area contributed by atoms with Gasteiger partial charge in [0.25, 0.3) is 0 Å². The maximum Gasteiger partial charge on any atom is 0.240 e. The van der Waals surface area contributed by atoms with Gasteiger partial charge in [-0.25, -0.2) is 19.7 Å². The zero-order chi connectivity index (χ0) is 10.5. The van der Waals surface area contributed by atoms with Gasteiger partial charge in [-0.05, 0) is 12.1 Å². The van der Waals surface area contributed by atoms with Crippen LogP contribution >= 0.6 is 0 Å². The van der Waals surface area contributed by atoms with E-state index in [0.717, 1.165) is 0 Å². The average molecular weight is 198 g/mol. The number of benzene rings is 1. The molecule has 0 bridgehead atoms. The molecule has 0 amide bonds. The lowest BCUT2D eigenvalue weighted by Crippen LogP contribution is -1.88. The van der Waals surface area contributed by atoms with Crippen LogP contribution in [0.25, 0.3) is 11.4 Å². The van der Waals surface area contributed by atoms with Crippen LogP contribution in [0.2, 0.25) is 0 Å². The zero-order valence-electron chi connectivity index (χ0n) is 7.66. The van der Waals surface area contributed by atoms with Gasteiger partial charge in [0.05, 0.1) is 5.69 Å². The number of hydrogen-bond acceptors (Lipinski definition) is 5. The Balaban J connectivity index is 2.58. The monoisotopic (exact) mass is 198 g/mol. The molecule has 0 radical (unpaired) electrons. The molecule has 0 aliphatic heterocycles. The van der Waals surface area contributed by atoms with Crippen LogP contribution in [0.4, 0.5) is 5.69 Å². The van der Waals surface area contributed by atoms with Gasteiger partial charge >= 0.3 is 0 Å². The molecule has 1 aromatic heterocycles. The third kappa shape index (κ3) is 1.92. The molecule has 15 heavy (non-hydrogen) atoms. The molecular weight excluding hydrogens is 192 g/mol. The number of isocyanates is 1. The predicted molar refractivity (Wildman–Crippen MR) is 53.0 cm³/mol. The Labute approximate surface area is 85.6 Å². The second-order valence-electron chi connectivity index (χ2n) is 2.68. The van der Waals surface area contributed by atoms with Crippen molar-refractivity contribution >= 4 is 11.8 Å². The molecular formula is C10H6N4O. The van der Waals surface area contributed by atoms with E-state index in [0.29, 0.717) is 17.1 Å². The van der Waals surface area contributed by atoms with Crippen LogP contribution in [-0.4, -0.2) is 21.0 Å². The smallest absolute Gasteiger partial charge is 0.225 e. The standard InChI is InChI=1S/C10H6N4O/c15-7-14-9-4-2-1-3-8(9)10-12-5-11-6-13-10/h1-6H. The van der Waals surface area contributed by atoms with E-state index in [1.165, 1.54) is 18.7 Å². The van der Waals surface area contributed by atoms with Crippen molar-refractivity contribution in [2.24, 2.45) is 4.99 Å². The van der Waals surface area contributed by atoms with Gasteiger partial charge in [0.2, 0.25) is 6.08 Å². The van der Waals surface area contributed by atoms with E-state index in [1.54, 1.807) is 18.2 Å². The van der Waals surface area contributed by atoms with Crippen molar-refractivity contribution in [3.63, 3.8) is 0 Å². The van der Waals surface area contributed by atoms with Crippen LogP contribution in [-0.2, 0) is 4.79 Å². The highest BCUT2D eigenvalue weighted by Gasteiger charge is 2.05.